The van der Waals surface area contributed by atoms with Gasteiger partial charge in [0.25, 0.3) is 10.0 Å². The van der Waals surface area contributed by atoms with E-state index >= 15 is 0 Å². The SMILES string of the molecule is Cn1nnc(Br)c1S(=O)(=O)Nc1nc2c(s1)CCC2. The van der Waals surface area contributed by atoms with Gasteiger partial charge in [0, 0.05) is 11.9 Å². The number of nitrogens with zero attached hydrogens (tertiary/aromatic N) is 4. The first-order valence-corrected chi connectivity index (χ1v) is 8.63. The number of hydrogen-bond donors (Lipinski definition) is 1. The molecule has 0 aromatic carbocycles. The molecule has 10 heteroatoms. The first kappa shape index (κ1) is 13.0. The average molecular weight is 364 g/mol. The maximum absolute atomic E-state index is 12.3. The molecule has 0 unspecified atom stereocenters. The van der Waals surface area contributed by atoms with Crippen molar-refractivity contribution in [2.45, 2.75) is 24.3 Å². The van der Waals surface area contributed by atoms with Gasteiger partial charge >= 0.3 is 0 Å². The van der Waals surface area contributed by atoms with Crippen molar-refractivity contribution in [3.63, 3.8) is 0 Å². The molecule has 2 heterocycles. The fourth-order valence-corrected chi connectivity index (χ4v) is 5.39. The standard InChI is InChI=1S/C9H10BrN5O2S2/c1-15-8(7(10)12-14-15)19(16,17)13-9-11-5-3-2-4-6(5)18-9/h2-4H2,1H3,(H,11,13). The topological polar surface area (TPSA) is 89.8 Å². The molecule has 0 saturated carbocycles. The summed E-state index contributed by atoms with van der Waals surface area (Å²) in [6, 6.07) is 0. The molecule has 2 aromatic heterocycles. The summed E-state index contributed by atoms with van der Waals surface area (Å²) < 4.78 is 28.4. The summed E-state index contributed by atoms with van der Waals surface area (Å²) in [5.74, 6) is 0. The van der Waals surface area contributed by atoms with Crippen LogP contribution in [0.25, 0.3) is 0 Å². The van der Waals surface area contributed by atoms with Crippen LogP contribution in [0, 0.1) is 0 Å². The lowest BCUT2D eigenvalue weighted by atomic mass is 10.4. The lowest BCUT2D eigenvalue weighted by Gasteiger charge is -2.04. The average Bonchev–Trinajstić information content (AvgIpc) is 2.93. The van der Waals surface area contributed by atoms with Gasteiger partial charge in [-0.15, -0.1) is 16.4 Å². The lowest BCUT2D eigenvalue weighted by Crippen LogP contribution is -2.17. The van der Waals surface area contributed by atoms with Gasteiger partial charge in [-0.25, -0.2) is 9.67 Å². The largest absolute Gasteiger partial charge is 0.283 e. The van der Waals surface area contributed by atoms with Crippen LogP contribution in [0.2, 0.25) is 0 Å². The minimum atomic E-state index is -3.73. The quantitative estimate of drug-likeness (QED) is 0.887. The van der Waals surface area contributed by atoms with Gasteiger partial charge in [-0.05, 0) is 35.2 Å². The molecule has 19 heavy (non-hydrogen) atoms. The Labute approximate surface area is 122 Å². The van der Waals surface area contributed by atoms with Crippen LogP contribution in [0.3, 0.4) is 0 Å². The molecule has 1 aliphatic rings. The number of fused-ring (bicyclic) bond motifs is 1. The summed E-state index contributed by atoms with van der Waals surface area (Å²) in [4.78, 5) is 5.47. The van der Waals surface area contributed by atoms with Crippen molar-refractivity contribution in [2.75, 3.05) is 4.72 Å². The number of hydrogen-bond acceptors (Lipinski definition) is 6. The third-order valence-electron chi connectivity index (χ3n) is 2.81. The van der Waals surface area contributed by atoms with E-state index in [2.05, 4.69) is 35.9 Å². The van der Waals surface area contributed by atoms with Gasteiger partial charge in [0.1, 0.15) is 0 Å². The Morgan fingerprint density at radius 2 is 2.21 bits per heavy atom. The number of sulfonamides is 1. The normalized spacial score (nSPS) is 14.6. The summed E-state index contributed by atoms with van der Waals surface area (Å²) in [6.45, 7) is 0. The van der Waals surface area contributed by atoms with E-state index in [-0.39, 0.29) is 9.63 Å². The molecule has 0 amide bonds. The molecule has 0 radical (unpaired) electrons. The van der Waals surface area contributed by atoms with Crippen LogP contribution in [0.1, 0.15) is 17.0 Å². The second kappa shape index (κ2) is 4.53. The third kappa shape index (κ3) is 2.28. The van der Waals surface area contributed by atoms with Gasteiger partial charge in [-0.3, -0.25) is 4.72 Å². The monoisotopic (exact) mass is 363 g/mol. The molecular formula is C9H10BrN5O2S2. The van der Waals surface area contributed by atoms with Crippen molar-refractivity contribution in [1.29, 1.82) is 0 Å². The summed E-state index contributed by atoms with van der Waals surface area (Å²) in [6.07, 6.45) is 2.99. The fourth-order valence-electron chi connectivity index (χ4n) is 2.01. The number of nitrogens with one attached hydrogen (secondary N) is 1. The molecule has 0 saturated heterocycles. The van der Waals surface area contributed by atoms with Gasteiger partial charge in [0.2, 0.25) is 5.03 Å². The van der Waals surface area contributed by atoms with E-state index in [9.17, 15) is 8.42 Å². The molecule has 2 aromatic rings. The van der Waals surface area contributed by atoms with Crippen molar-refractivity contribution < 1.29 is 8.42 Å². The highest BCUT2D eigenvalue weighted by molar-refractivity contribution is 9.10. The Balaban J connectivity index is 1.93. The second-order valence-corrected chi connectivity index (χ2v) is 7.59. The molecule has 0 fully saturated rings. The Kier molecular flexibility index (Phi) is 3.10. The van der Waals surface area contributed by atoms with Crippen LogP contribution in [0.15, 0.2) is 9.63 Å². The predicted molar refractivity (Wildman–Crippen MR) is 73.7 cm³/mol. The molecule has 0 aliphatic heterocycles. The van der Waals surface area contributed by atoms with Crippen molar-refractivity contribution in [3.8, 4) is 0 Å². The Morgan fingerprint density at radius 1 is 1.42 bits per heavy atom. The predicted octanol–water partition coefficient (Wildman–Crippen LogP) is 1.32. The minimum absolute atomic E-state index is 0.0112. The highest BCUT2D eigenvalue weighted by atomic mass is 79.9. The maximum Gasteiger partial charge on any atom is 0.283 e. The molecule has 7 nitrogen and oxygen atoms in total. The van der Waals surface area contributed by atoms with Gasteiger partial charge in [-0.2, -0.15) is 8.42 Å². The number of anilines is 1. The Bertz CT molecular complexity index is 695. The van der Waals surface area contributed by atoms with Crippen molar-refractivity contribution >= 4 is 42.4 Å². The molecule has 102 valence electrons. The molecule has 1 aliphatic carbocycles. The van der Waals surface area contributed by atoms with E-state index in [1.54, 1.807) is 0 Å². The molecule has 1 N–H and O–H groups in total. The zero-order chi connectivity index (χ0) is 13.6. The molecule has 0 bridgehead atoms. The number of aromatic nitrogens is 4. The van der Waals surface area contributed by atoms with Gasteiger partial charge in [0.15, 0.2) is 9.73 Å². The van der Waals surface area contributed by atoms with Crippen LogP contribution in [-0.4, -0.2) is 28.4 Å². The van der Waals surface area contributed by atoms with Crippen molar-refractivity contribution in [2.24, 2.45) is 7.05 Å². The van der Waals surface area contributed by atoms with Gasteiger partial charge in [0.05, 0.1) is 5.69 Å². The van der Waals surface area contributed by atoms with Crippen molar-refractivity contribution in [3.05, 3.63) is 15.2 Å². The fraction of sp³-hybridized carbons (Fsp3) is 0.444. The number of aryl methyl sites for hydroxylation is 3. The molecule has 3 rings (SSSR count). The van der Waals surface area contributed by atoms with Crippen molar-refractivity contribution in [1.82, 2.24) is 20.0 Å². The van der Waals surface area contributed by atoms with Crippen LogP contribution in [0.5, 0.6) is 0 Å². The summed E-state index contributed by atoms with van der Waals surface area (Å²) in [5, 5.41) is 7.71. The smallest absolute Gasteiger partial charge is 0.253 e. The molecule has 0 atom stereocenters. The van der Waals surface area contributed by atoms with Crippen LogP contribution >= 0.6 is 27.3 Å². The third-order valence-corrected chi connectivity index (χ3v) is 6.24. The Hall–Kier alpha value is -1.00. The number of rotatable bonds is 3. The van der Waals surface area contributed by atoms with Gasteiger partial charge in [-0.1, -0.05) is 5.21 Å². The zero-order valence-electron chi connectivity index (χ0n) is 9.92. The maximum atomic E-state index is 12.3. The molecule has 0 spiro atoms. The lowest BCUT2D eigenvalue weighted by molar-refractivity contribution is 0.578. The zero-order valence-corrected chi connectivity index (χ0v) is 13.1. The van der Waals surface area contributed by atoms with E-state index in [1.807, 2.05) is 0 Å². The van der Waals surface area contributed by atoms with Gasteiger partial charge < -0.3 is 0 Å². The Morgan fingerprint density at radius 3 is 2.84 bits per heavy atom. The second-order valence-electron chi connectivity index (χ2n) is 4.16. The summed E-state index contributed by atoms with van der Waals surface area (Å²) in [7, 11) is -2.21. The van der Waals surface area contributed by atoms with E-state index in [0.29, 0.717) is 5.13 Å². The van der Waals surface area contributed by atoms with E-state index in [0.717, 1.165) is 25.0 Å². The van der Waals surface area contributed by atoms with E-state index in [1.165, 1.54) is 27.9 Å². The number of halogens is 1. The summed E-state index contributed by atoms with van der Waals surface area (Å²) in [5.41, 5.74) is 1.00. The van der Waals surface area contributed by atoms with Crippen LogP contribution in [-0.2, 0) is 29.9 Å². The van der Waals surface area contributed by atoms with Crippen LogP contribution < -0.4 is 4.72 Å². The van der Waals surface area contributed by atoms with Crippen LogP contribution in [0.4, 0.5) is 5.13 Å². The first-order chi connectivity index (χ1) is 8.97. The number of thiazole rings is 1. The highest BCUT2D eigenvalue weighted by Gasteiger charge is 2.26. The minimum Gasteiger partial charge on any atom is -0.253 e. The molecular weight excluding hydrogens is 354 g/mol. The summed E-state index contributed by atoms with van der Waals surface area (Å²) >= 11 is 4.47. The first-order valence-electron chi connectivity index (χ1n) is 5.54. The highest BCUT2D eigenvalue weighted by Crippen LogP contribution is 2.32. The van der Waals surface area contributed by atoms with E-state index in [4.69, 9.17) is 0 Å². The van der Waals surface area contributed by atoms with E-state index < -0.39 is 10.0 Å².